The van der Waals surface area contributed by atoms with Gasteiger partial charge in [-0.05, 0) is 32.0 Å². The molecule has 0 radical (unpaired) electrons. The average Bonchev–Trinajstić information content (AvgIpc) is 3.14. The van der Waals surface area contributed by atoms with Crippen LogP contribution in [0.4, 0.5) is 6.01 Å². The van der Waals surface area contributed by atoms with Gasteiger partial charge in [-0.15, -0.1) is 5.10 Å². The summed E-state index contributed by atoms with van der Waals surface area (Å²) in [4.78, 5) is 12.1. The Morgan fingerprint density at radius 2 is 2.05 bits per heavy atom. The molecule has 0 atom stereocenters. The molecule has 22 heavy (non-hydrogen) atoms. The van der Waals surface area contributed by atoms with Gasteiger partial charge in [-0.1, -0.05) is 23.3 Å². The second-order valence-electron chi connectivity index (χ2n) is 4.72. The number of carbonyl (C=O) groups is 1. The predicted molar refractivity (Wildman–Crippen MR) is 80.3 cm³/mol. The van der Waals surface area contributed by atoms with Crippen molar-refractivity contribution >= 4 is 11.9 Å². The molecule has 0 unspecified atom stereocenters. The molecule has 3 rings (SSSR count). The van der Waals surface area contributed by atoms with Crippen LogP contribution in [0.5, 0.6) is 0 Å². The number of nitrogens with one attached hydrogen (secondary N) is 1. The van der Waals surface area contributed by atoms with Gasteiger partial charge in [0.05, 0.1) is 0 Å². The topological polar surface area (TPSA) is 85.8 Å². The number of nitrogens with zero attached hydrogens (tertiary/aromatic N) is 4. The van der Waals surface area contributed by atoms with E-state index < -0.39 is 0 Å². The van der Waals surface area contributed by atoms with Crippen molar-refractivity contribution in [3.63, 3.8) is 0 Å². The fraction of sp³-hybridized carbons (Fsp3) is 0.200. The van der Waals surface area contributed by atoms with Crippen LogP contribution in [0.1, 0.15) is 23.1 Å². The number of aryl methyl sites for hydroxylation is 2. The number of hydrogen-bond donors (Lipinski definition) is 1. The molecule has 0 saturated carbocycles. The molecule has 0 aliphatic heterocycles. The highest BCUT2D eigenvalue weighted by molar-refractivity contribution is 6.01. The van der Waals surface area contributed by atoms with Crippen LogP contribution >= 0.6 is 0 Å². The van der Waals surface area contributed by atoms with Crippen molar-refractivity contribution in [2.75, 3.05) is 5.32 Å². The number of benzene rings is 1. The van der Waals surface area contributed by atoms with Crippen LogP contribution in [-0.2, 0) is 6.54 Å². The first kappa shape index (κ1) is 14.0. The number of rotatable bonds is 4. The van der Waals surface area contributed by atoms with E-state index in [1.54, 1.807) is 10.7 Å². The smallest absolute Gasteiger partial charge is 0.322 e. The number of hydrogen-bond acceptors (Lipinski definition) is 5. The molecule has 0 aliphatic rings. The average molecular weight is 297 g/mol. The summed E-state index contributed by atoms with van der Waals surface area (Å²) in [6, 6.07) is 11.1. The minimum atomic E-state index is -0.376. The molecule has 0 fully saturated rings. The normalized spacial score (nSPS) is 10.6. The van der Waals surface area contributed by atoms with Gasteiger partial charge >= 0.3 is 6.01 Å². The molecular formula is C15H15N5O2. The molecule has 1 amide bonds. The lowest BCUT2D eigenvalue weighted by Gasteiger charge is -1.97. The zero-order valence-electron chi connectivity index (χ0n) is 12.3. The Bertz CT molecular complexity index is 791. The summed E-state index contributed by atoms with van der Waals surface area (Å²) < 4.78 is 7.18. The van der Waals surface area contributed by atoms with Crippen LogP contribution in [0, 0.1) is 6.92 Å². The van der Waals surface area contributed by atoms with Gasteiger partial charge in [0.25, 0.3) is 5.91 Å². The lowest BCUT2D eigenvalue weighted by molar-refractivity contribution is 0.101. The van der Waals surface area contributed by atoms with Crippen molar-refractivity contribution in [3.05, 3.63) is 47.8 Å². The first-order valence-electron chi connectivity index (χ1n) is 6.92. The molecule has 1 N–H and O–H groups in total. The maximum atomic E-state index is 12.1. The summed E-state index contributed by atoms with van der Waals surface area (Å²) in [6.07, 6.45) is 0. The van der Waals surface area contributed by atoms with Crippen LogP contribution in [-0.4, -0.2) is 25.9 Å². The predicted octanol–water partition coefficient (Wildman–Crippen LogP) is 2.51. The molecule has 0 aliphatic carbocycles. The van der Waals surface area contributed by atoms with E-state index in [-0.39, 0.29) is 11.9 Å². The Morgan fingerprint density at radius 3 is 2.73 bits per heavy atom. The lowest BCUT2D eigenvalue weighted by atomic mass is 10.2. The van der Waals surface area contributed by atoms with Crippen molar-refractivity contribution in [2.24, 2.45) is 0 Å². The second kappa shape index (κ2) is 5.80. The summed E-state index contributed by atoms with van der Waals surface area (Å²) in [6.45, 7) is 4.57. The van der Waals surface area contributed by atoms with Crippen molar-refractivity contribution < 1.29 is 9.21 Å². The van der Waals surface area contributed by atoms with E-state index in [0.717, 1.165) is 11.3 Å². The van der Waals surface area contributed by atoms with Crippen molar-refractivity contribution in [1.82, 2.24) is 20.0 Å². The van der Waals surface area contributed by atoms with Crippen LogP contribution in [0.2, 0.25) is 0 Å². The van der Waals surface area contributed by atoms with E-state index in [9.17, 15) is 4.79 Å². The summed E-state index contributed by atoms with van der Waals surface area (Å²) >= 11 is 0. The third kappa shape index (κ3) is 2.73. The zero-order valence-corrected chi connectivity index (χ0v) is 12.3. The standard InChI is InChI=1S/C15H15N5O2/c1-3-20-10(2)9-12(19-20)13(21)16-15-18-17-14(22-15)11-7-5-4-6-8-11/h4-9H,3H2,1-2H3,(H,16,18,21). The van der Waals surface area contributed by atoms with Crippen LogP contribution in [0.25, 0.3) is 11.5 Å². The Labute approximate surface area is 127 Å². The molecule has 0 saturated heterocycles. The molecule has 0 spiro atoms. The highest BCUT2D eigenvalue weighted by Gasteiger charge is 2.15. The van der Waals surface area contributed by atoms with Crippen molar-refractivity contribution in [3.8, 4) is 11.5 Å². The van der Waals surface area contributed by atoms with Crippen LogP contribution < -0.4 is 5.32 Å². The monoisotopic (exact) mass is 297 g/mol. The SMILES string of the molecule is CCn1nc(C(=O)Nc2nnc(-c3ccccc3)o2)cc1C. The summed E-state index contributed by atoms with van der Waals surface area (Å²) in [5.74, 6) is -0.0234. The number of aromatic nitrogens is 4. The minimum absolute atomic E-state index is 0.0487. The quantitative estimate of drug-likeness (QED) is 0.799. The highest BCUT2D eigenvalue weighted by Crippen LogP contribution is 2.19. The molecule has 3 aromatic rings. The van der Waals surface area contributed by atoms with Crippen LogP contribution in [0.15, 0.2) is 40.8 Å². The van der Waals surface area contributed by atoms with Crippen molar-refractivity contribution in [2.45, 2.75) is 20.4 Å². The maximum absolute atomic E-state index is 12.1. The molecular weight excluding hydrogens is 282 g/mol. The van der Waals surface area contributed by atoms with E-state index >= 15 is 0 Å². The number of anilines is 1. The minimum Gasteiger partial charge on any atom is -0.403 e. The molecule has 0 bridgehead atoms. The first-order valence-corrected chi connectivity index (χ1v) is 6.92. The number of amides is 1. The van der Waals surface area contributed by atoms with Crippen LogP contribution in [0.3, 0.4) is 0 Å². The van der Waals surface area contributed by atoms with Gasteiger partial charge in [-0.25, -0.2) is 0 Å². The fourth-order valence-electron chi connectivity index (χ4n) is 2.07. The van der Waals surface area contributed by atoms with E-state index in [4.69, 9.17) is 4.42 Å². The molecule has 2 aromatic heterocycles. The molecule has 2 heterocycles. The largest absolute Gasteiger partial charge is 0.403 e. The second-order valence-corrected chi connectivity index (χ2v) is 4.72. The van der Waals surface area contributed by atoms with E-state index in [1.807, 2.05) is 44.2 Å². The van der Waals surface area contributed by atoms with Gasteiger partial charge in [0, 0.05) is 17.8 Å². The Balaban J connectivity index is 1.76. The maximum Gasteiger partial charge on any atom is 0.322 e. The van der Waals surface area contributed by atoms with Gasteiger partial charge in [0.1, 0.15) is 0 Å². The summed E-state index contributed by atoms with van der Waals surface area (Å²) in [5, 5.41) is 14.5. The Hall–Kier alpha value is -2.96. The van der Waals surface area contributed by atoms with Gasteiger partial charge in [-0.2, -0.15) is 5.10 Å². The molecule has 7 heteroatoms. The molecule has 7 nitrogen and oxygen atoms in total. The lowest BCUT2D eigenvalue weighted by Crippen LogP contribution is -2.13. The van der Waals surface area contributed by atoms with E-state index in [0.29, 0.717) is 18.1 Å². The van der Waals surface area contributed by atoms with Gasteiger partial charge in [-0.3, -0.25) is 14.8 Å². The Morgan fingerprint density at radius 1 is 1.27 bits per heavy atom. The first-order chi connectivity index (χ1) is 10.7. The van der Waals surface area contributed by atoms with Crippen molar-refractivity contribution in [1.29, 1.82) is 0 Å². The molecule has 112 valence electrons. The van der Waals surface area contributed by atoms with Gasteiger partial charge in [0.15, 0.2) is 5.69 Å². The van der Waals surface area contributed by atoms with Gasteiger partial charge in [0.2, 0.25) is 5.89 Å². The third-order valence-electron chi connectivity index (χ3n) is 3.18. The third-order valence-corrected chi connectivity index (χ3v) is 3.18. The van der Waals surface area contributed by atoms with E-state index in [1.165, 1.54) is 0 Å². The number of carbonyl (C=O) groups excluding carboxylic acids is 1. The fourth-order valence-corrected chi connectivity index (χ4v) is 2.07. The summed E-state index contributed by atoms with van der Waals surface area (Å²) in [7, 11) is 0. The van der Waals surface area contributed by atoms with Gasteiger partial charge < -0.3 is 4.42 Å². The Kier molecular flexibility index (Phi) is 3.69. The van der Waals surface area contributed by atoms with E-state index in [2.05, 4.69) is 20.6 Å². The molecule has 1 aromatic carbocycles. The zero-order chi connectivity index (χ0) is 15.5. The highest BCUT2D eigenvalue weighted by atomic mass is 16.4. The summed E-state index contributed by atoms with van der Waals surface area (Å²) in [5.41, 5.74) is 2.03.